The third-order valence-corrected chi connectivity index (χ3v) is 5.90. The first-order valence-electron chi connectivity index (χ1n) is 10.4. The molecular weight excluding hydrogens is 449 g/mol. The lowest BCUT2D eigenvalue weighted by molar-refractivity contribution is -0.117. The monoisotopic (exact) mass is 471 g/mol. The van der Waals surface area contributed by atoms with Crippen molar-refractivity contribution >= 4 is 34.6 Å². The number of pyridine rings is 1. The molecule has 4 rings (SSSR count). The predicted octanol–water partition coefficient (Wildman–Crippen LogP) is 4.52. The van der Waals surface area contributed by atoms with Gasteiger partial charge in [0, 0.05) is 37.2 Å². The van der Waals surface area contributed by atoms with E-state index < -0.39 is 0 Å². The van der Waals surface area contributed by atoms with E-state index in [1.807, 2.05) is 0 Å². The summed E-state index contributed by atoms with van der Waals surface area (Å²) < 4.78 is 1.78. The van der Waals surface area contributed by atoms with Gasteiger partial charge in [-0.15, -0.1) is 4.80 Å². The topological polar surface area (TPSA) is 90.9 Å². The van der Waals surface area contributed by atoms with E-state index in [1.165, 1.54) is 4.80 Å². The van der Waals surface area contributed by atoms with E-state index in [1.54, 1.807) is 41.4 Å². The summed E-state index contributed by atoms with van der Waals surface area (Å²) in [6.45, 7) is 6.47. The molecule has 0 spiro atoms. The number of hydrogen-bond donors (Lipinski definition) is 0. The van der Waals surface area contributed by atoms with Crippen LogP contribution in [0.1, 0.15) is 49.9 Å². The SMILES string of the molecule is CC[C@H](c1c(CC(=O)Cc2cnc(-n3nccn3)c(Cl)c2)cnc2cc(Cl)nn12)C(C)C. The first-order chi connectivity index (χ1) is 15.4. The van der Waals surface area contributed by atoms with Crippen molar-refractivity contribution in [1.82, 2.24) is 34.6 Å². The van der Waals surface area contributed by atoms with E-state index in [0.717, 1.165) is 23.2 Å². The fourth-order valence-corrected chi connectivity index (χ4v) is 4.45. The van der Waals surface area contributed by atoms with Crippen LogP contribution in [-0.4, -0.2) is 40.4 Å². The molecule has 0 amide bonds. The Balaban J connectivity index is 1.60. The highest BCUT2D eigenvalue weighted by Gasteiger charge is 2.24. The van der Waals surface area contributed by atoms with Crippen LogP contribution in [0, 0.1) is 5.92 Å². The molecule has 166 valence electrons. The Morgan fingerprint density at radius 3 is 2.47 bits per heavy atom. The lowest BCUT2D eigenvalue weighted by Crippen LogP contribution is -2.18. The van der Waals surface area contributed by atoms with Crippen molar-refractivity contribution in [3.8, 4) is 5.82 Å². The third-order valence-electron chi connectivity index (χ3n) is 5.44. The zero-order valence-electron chi connectivity index (χ0n) is 18.0. The van der Waals surface area contributed by atoms with Crippen molar-refractivity contribution in [3.63, 3.8) is 0 Å². The molecule has 4 aromatic heterocycles. The Hall–Kier alpha value is -2.84. The van der Waals surface area contributed by atoms with Crippen molar-refractivity contribution in [2.24, 2.45) is 5.92 Å². The molecule has 8 nitrogen and oxygen atoms in total. The number of rotatable bonds is 8. The Labute approximate surface area is 195 Å². The van der Waals surface area contributed by atoms with Gasteiger partial charge in [0.2, 0.25) is 0 Å². The third kappa shape index (κ3) is 4.52. The maximum absolute atomic E-state index is 13.0. The van der Waals surface area contributed by atoms with Gasteiger partial charge in [-0.1, -0.05) is 44.0 Å². The molecule has 0 bridgehead atoms. The second-order valence-corrected chi connectivity index (χ2v) is 8.82. The smallest absolute Gasteiger partial charge is 0.193 e. The number of nitrogens with zero attached hydrogens (tertiary/aromatic N) is 7. The number of aromatic nitrogens is 7. The molecule has 1 atom stereocenters. The molecule has 10 heteroatoms. The maximum Gasteiger partial charge on any atom is 0.193 e. The summed E-state index contributed by atoms with van der Waals surface area (Å²) in [7, 11) is 0. The van der Waals surface area contributed by atoms with Crippen LogP contribution in [0.3, 0.4) is 0 Å². The largest absolute Gasteiger partial charge is 0.299 e. The summed E-state index contributed by atoms with van der Waals surface area (Å²) in [6.07, 6.45) is 7.84. The molecular formula is C22H23Cl2N7O. The Morgan fingerprint density at radius 2 is 1.81 bits per heavy atom. The molecule has 4 heterocycles. The van der Waals surface area contributed by atoms with E-state index in [0.29, 0.717) is 27.6 Å². The van der Waals surface area contributed by atoms with Gasteiger partial charge in [0.15, 0.2) is 16.6 Å². The highest BCUT2D eigenvalue weighted by Crippen LogP contribution is 2.31. The number of ketones is 1. The average molecular weight is 472 g/mol. The molecule has 0 aromatic carbocycles. The van der Waals surface area contributed by atoms with Crippen LogP contribution < -0.4 is 0 Å². The van der Waals surface area contributed by atoms with E-state index in [4.69, 9.17) is 23.2 Å². The van der Waals surface area contributed by atoms with E-state index in [-0.39, 0.29) is 24.5 Å². The van der Waals surface area contributed by atoms with E-state index in [9.17, 15) is 4.79 Å². The van der Waals surface area contributed by atoms with Crippen molar-refractivity contribution in [2.75, 3.05) is 0 Å². The summed E-state index contributed by atoms with van der Waals surface area (Å²) in [6, 6.07) is 3.46. The highest BCUT2D eigenvalue weighted by molar-refractivity contribution is 6.32. The molecule has 32 heavy (non-hydrogen) atoms. The van der Waals surface area contributed by atoms with Crippen LogP contribution in [0.5, 0.6) is 0 Å². The normalized spacial score (nSPS) is 12.6. The lowest BCUT2D eigenvalue weighted by Gasteiger charge is -2.23. The molecule has 0 N–H and O–H groups in total. The molecule has 0 aliphatic carbocycles. The Morgan fingerprint density at radius 1 is 1.06 bits per heavy atom. The van der Waals surface area contributed by atoms with Crippen LogP contribution in [-0.2, 0) is 17.6 Å². The van der Waals surface area contributed by atoms with Gasteiger partial charge in [-0.3, -0.25) is 4.79 Å². The van der Waals surface area contributed by atoms with Gasteiger partial charge in [0.25, 0.3) is 0 Å². The molecule has 0 aliphatic heterocycles. The zero-order chi connectivity index (χ0) is 22.8. The molecule has 4 aromatic rings. The Bertz CT molecular complexity index is 1250. The fraction of sp³-hybridized carbons (Fsp3) is 0.364. The first kappa shape index (κ1) is 22.4. The maximum atomic E-state index is 13.0. The van der Waals surface area contributed by atoms with Gasteiger partial charge in [0.05, 0.1) is 23.1 Å². The number of Topliss-reactive ketones (excluding diaryl/α,β-unsaturated/α-hetero) is 1. The zero-order valence-corrected chi connectivity index (χ0v) is 19.5. The van der Waals surface area contributed by atoms with Crippen molar-refractivity contribution < 1.29 is 4.79 Å². The van der Waals surface area contributed by atoms with Crippen LogP contribution >= 0.6 is 23.2 Å². The lowest BCUT2D eigenvalue weighted by atomic mass is 9.86. The molecule has 0 aliphatic rings. The molecule has 0 saturated carbocycles. The molecule has 0 unspecified atom stereocenters. The number of fused-ring (bicyclic) bond motifs is 1. The minimum absolute atomic E-state index is 0.0343. The fourth-order valence-electron chi connectivity index (χ4n) is 4.01. The van der Waals surface area contributed by atoms with Crippen molar-refractivity contribution in [1.29, 1.82) is 0 Å². The average Bonchev–Trinajstić information content (AvgIpc) is 3.39. The van der Waals surface area contributed by atoms with Gasteiger partial charge < -0.3 is 0 Å². The second kappa shape index (κ2) is 9.34. The Kier molecular flexibility index (Phi) is 6.53. The number of carbonyl (C=O) groups excluding carboxylic acids is 1. The molecule has 0 fully saturated rings. The van der Waals surface area contributed by atoms with Gasteiger partial charge in [-0.05, 0) is 29.5 Å². The van der Waals surface area contributed by atoms with Crippen molar-refractivity contribution in [3.05, 3.63) is 63.9 Å². The molecule has 0 saturated heterocycles. The minimum atomic E-state index is 0.0343. The van der Waals surface area contributed by atoms with Crippen LogP contribution in [0.15, 0.2) is 36.9 Å². The number of hydrogen-bond acceptors (Lipinski definition) is 6. The van der Waals surface area contributed by atoms with E-state index in [2.05, 4.69) is 46.0 Å². The number of carbonyl (C=O) groups is 1. The number of halogens is 2. The first-order valence-corrected chi connectivity index (χ1v) is 11.2. The van der Waals surface area contributed by atoms with Gasteiger partial charge >= 0.3 is 0 Å². The predicted molar refractivity (Wildman–Crippen MR) is 122 cm³/mol. The quantitative estimate of drug-likeness (QED) is 0.375. The van der Waals surface area contributed by atoms with E-state index >= 15 is 0 Å². The second-order valence-electron chi connectivity index (χ2n) is 8.02. The summed E-state index contributed by atoms with van der Waals surface area (Å²) in [5, 5.41) is 13.3. The molecule has 0 radical (unpaired) electrons. The summed E-state index contributed by atoms with van der Waals surface area (Å²) in [5.41, 5.74) is 3.26. The summed E-state index contributed by atoms with van der Waals surface area (Å²) in [5.74, 6) is 1.04. The standard InChI is InChI=1S/C22H23Cl2N7O/c1-4-17(13(2)3)21-15(12-25-20-10-19(24)29-30(20)21)9-16(32)7-14-8-18(23)22(26-11-14)31-27-5-6-28-31/h5-6,8,10-13,17H,4,7,9H2,1-3H3/t17-/m0/s1. The minimum Gasteiger partial charge on any atom is -0.299 e. The summed E-state index contributed by atoms with van der Waals surface area (Å²) >= 11 is 12.5. The van der Waals surface area contributed by atoms with Crippen LogP contribution in [0.2, 0.25) is 10.2 Å². The van der Waals surface area contributed by atoms with Gasteiger partial charge in [-0.2, -0.15) is 15.3 Å². The van der Waals surface area contributed by atoms with Gasteiger partial charge in [-0.25, -0.2) is 14.5 Å². The van der Waals surface area contributed by atoms with Gasteiger partial charge in [0.1, 0.15) is 5.78 Å². The van der Waals surface area contributed by atoms with Crippen LogP contribution in [0.4, 0.5) is 0 Å². The van der Waals surface area contributed by atoms with Crippen molar-refractivity contribution in [2.45, 2.75) is 46.0 Å². The van der Waals surface area contributed by atoms with Crippen LogP contribution in [0.25, 0.3) is 11.5 Å². The summed E-state index contributed by atoms with van der Waals surface area (Å²) in [4.78, 5) is 23.1. The highest BCUT2D eigenvalue weighted by atomic mass is 35.5.